The van der Waals surface area contributed by atoms with Gasteiger partial charge < -0.3 is 15.5 Å². The molecule has 3 atom stereocenters. The second kappa shape index (κ2) is 5.44. The van der Waals surface area contributed by atoms with Gasteiger partial charge in [0.05, 0.1) is 0 Å². The van der Waals surface area contributed by atoms with Crippen LogP contribution in [0.1, 0.15) is 29.3 Å². The summed E-state index contributed by atoms with van der Waals surface area (Å²) in [5.41, 5.74) is 1.61. The highest BCUT2D eigenvalue weighted by Gasteiger charge is 2.45. The Balaban J connectivity index is 1.69. The van der Waals surface area contributed by atoms with E-state index in [0.29, 0.717) is 18.5 Å². The number of rotatable bonds is 2. The van der Waals surface area contributed by atoms with Crippen molar-refractivity contribution in [3.05, 3.63) is 35.4 Å². The Bertz CT molecular complexity index is 643. The molecule has 0 radical (unpaired) electrons. The summed E-state index contributed by atoms with van der Waals surface area (Å²) in [6, 6.07) is 6.18. The highest BCUT2D eigenvalue weighted by Crippen LogP contribution is 2.22. The fourth-order valence-electron chi connectivity index (χ4n) is 3.11. The van der Waals surface area contributed by atoms with Gasteiger partial charge in [0, 0.05) is 18.2 Å². The molecule has 0 aliphatic carbocycles. The Morgan fingerprint density at radius 2 is 2.14 bits per heavy atom. The molecule has 0 spiro atoms. The Labute approximate surface area is 128 Å². The lowest BCUT2D eigenvalue weighted by Gasteiger charge is -2.32. The number of nitrogens with one attached hydrogen (secondary N) is 2. The molecule has 6 nitrogen and oxygen atoms in total. The zero-order chi connectivity index (χ0) is 15.9. The SMILES string of the molecule is Cc1cccc(C(=O)N[C@H]2C[C@H]3C(=O)N[C@@H](C)C(=O)N3C2)c1. The van der Waals surface area contributed by atoms with Gasteiger partial charge in [-0.25, -0.2) is 0 Å². The first-order valence-electron chi connectivity index (χ1n) is 7.44. The molecule has 2 saturated heterocycles. The molecule has 3 rings (SSSR count). The van der Waals surface area contributed by atoms with E-state index < -0.39 is 12.1 Å². The van der Waals surface area contributed by atoms with E-state index in [1.54, 1.807) is 17.9 Å². The number of fused-ring (bicyclic) bond motifs is 1. The first-order chi connectivity index (χ1) is 10.5. The van der Waals surface area contributed by atoms with Crippen molar-refractivity contribution in [2.24, 2.45) is 0 Å². The lowest BCUT2D eigenvalue weighted by molar-refractivity contribution is -0.146. The van der Waals surface area contributed by atoms with Gasteiger partial charge in [0.2, 0.25) is 11.8 Å². The number of carbonyl (C=O) groups excluding carboxylic acids is 3. The van der Waals surface area contributed by atoms with Gasteiger partial charge in [0.1, 0.15) is 12.1 Å². The number of amides is 3. The molecule has 1 aromatic rings. The van der Waals surface area contributed by atoms with Gasteiger partial charge in [-0.1, -0.05) is 17.7 Å². The lowest BCUT2D eigenvalue weighted by Crippen LogP contribution is -2.60. The molecular formula is C16H19N3O3. The molecule has 2 aliphatic rings. The van der Waals surface area contributed by atoms with Crippen LogP contribution in [0.5, 0.6) is 0 Å². The molecule has 0 aromatic heterocycles. The third-order valence-electron chi connectivity index (χ3n) is 4.23. The molecule has 0 unspecified atom stereocenters. The fourth-order valence-corrected chi connectivity index (χ4v) is 3.11. The van der Waals surface area contributed by atoms with Crippen molar-refractivity contribution in [1.29, 1.82) is 0 Å². The van der Waals surface area contributed by atoms with E-state index in [-0.39, 0.29) is 23.8 Å². The van der Waals surface area contributed by atoms with Crippen molar-refractivity contribution in [1.82, 2.24) is 15.5 Å². The minimum Gasteiger partial charge on any atom is -0.347 e. The number of carbonyl (C=O) groups is 3. The van der Waals surface area contributed by atoms with Gasteiger partial charge in [-0.15, -0.1) is 0 Å². The predicted octanol–water partition coefficient (Wildman–Crippen LogP) is 0.213. The van der Waals surface area contributed by atoms with Crippen molar-refractivity contribution in [2.75, 3.05) is 6.54 Å². The molecular weight excluding hydrogens is 282 g/mol. The summed E-state index contributed by atoms with van der Waals surface area (Å²) in [4.78, 5) is 37.9. The summed E-state index contributed by atoms with van der Waals surface area (Å²) in [5.74, 6) is -0.397. The highest BCUT2D eigenvalue weighted by molar-refractivity contribution is 5.98. The van der Waals surface area contributed by atoms with Gasteiger partial charge in [0.25, 0.3) is 5.91 Å². The van der Waals surface area contributed by atoms with E-state index in [4.69, 9.17) is 0 Å². The van der Waals surface area contributed by atoms with Crippen LogP contribution in [0.15, 0.2) is 24.3 Å². The monoisotopic (exact) mass is 301 g/mol. The van der Waals surface area contributed by atoms with Crippen LogP contribution in [0.3, 0.4) is 0 Å². The summed E-state index contributed by atoms with van der Waals surface area (Å²) in [6.45, 7) is 3.99. The van der Waals surface area contributed by atoms with Crippen molar-refractivity contribution in [3.8, 4) is 0 Å². The second-order valence-corrected chi connectivity index (χ2v) is 6.01. The zero-order valence-corrected chi connectivity index (χ0v) is 12.6. The summed E-state index contributed by atoms with van der Waals surface area (Å²) in [5, 5.41) is 5.59. The molecule has 2 N–H and O–H groups in total. The van der Waals surface area contributed by atoms with Crippen LogP contribution in [-0.2, 0) is 9.59 Å². The Morgan fingerprint density at radius 1 is 1.36 bits per heavy atom. The molecule has 1 aromatic carbocycles. The predicted molar refractivity (Wildman–Crippen MR) is 80.2 cm³/mol. The first kappa shape index (κ1) is 14.6. The number of nitrogens with zero attached hydrogens (tertiary/aromatic N) is 1. The summed E-state index contributed by atoms with van der Waals surface area (Å²) in [6.07, 6.45) is 0.460. The average molecular weight is 301 g/mol. The van der Waals surface area contributed by atoms with Crippen molar-refractivity contribution < 1.29 is 14.4 Å². The van der Waals surface area contributed by atoms with Gasteiger partial charge in [-0.2, -0.15) is 0 Å². The molecule has 0 bridgehead atoms. The second-order valence-electron chi connectivity index (χ2n) is 6.01. The fraction of sp³-hybridized carbons (Fsp3) is 0.438. The van der Waals surface area contributed by atoms with Gasteiger partial charge in [-0.3, -0.25) is 14.4 Å². The third-order valence-corrected chi connectivity index (χ3v) is 4.23. The van der Waals surface area contributed by atoms with Crippen LogP contribution in [-0.4, -0.2) is 47.3 Å². The topological polar surface area (TPSA) is 78.5 Å². The summed E-state index contributed by atoms with van der Waals surface area (Å²) >= 11 is 0. The average Bonchev–Trinajstić information content (AvgIpc) is 2.89. The van der Waals surface area contributed by atoms with Crippen LogP contribution in [0.25, 0.3) is 0 Å². The molecule has 2 fully saturated rings. The van der Waals surface area contributed by atoms with E-state index in [1.807, 2.05) is 25.1 Å². The van der Waals surface area contributed by atoms with Crippen molar-refractivity contribution in [3.63, 3.8) is 0 Å². The van der Waals surface area contributed by atoms with E-state index in [0.717, 1.165) is 5.56 Å². The van der Waals surface area contributed by atoms with Crippen molar-refractivity contribution in [2.45, 2.75) is 38.4 Å². The zero-order valence-electron chi connectivity index (χ0n) is 12.6. The molecule has 6 heteroatoms. The molecule has 3 amide bonds. The third kappa shape index (κ3) is 2.56. The van der Waals surface area contributed by atoms with Gasteiger partial charge >= 0.3 is 0 Å². The number of aryl methyl sites for hydroxylation is 1. The van der Waals surface area contributed by atoms with E-state index in [1.165, 1.54) is 0 Å². The quantitative estimate of drug-likeness (QED) is 0.820. The van der Waals surface area contributed by atoms with Crippen LogP contribution >= 0.6 is 0 Å². The van der Waals surface area contributed by atoms with Crippen LogP contribution in [0.4, 0.5) is 0 Å². The maximum Gasteiger partial charge on any atom is 0.251 e. The molecule has 2 aliphatic heterocycles. The van der Waals surface area contributed by atoms with E-state index >= 15 is 0 Å². The summed E-state index contributed by atoms with van der Waals surface area (Å²) < 4.78 is 0. The number of benzene rings is 1. The molecule has 0 saturated carbocycles. The van der Waals surface area contributed by atoms with E-state index in [9.17, 15) is 14.4 Å². The molecule has 2 heterocycles. The number of hydrogen-bond donors (Lipinski definition) is 2. The van der Waals surface area contributed by atoms with Crippen LogP contribution < -0.4 is 10.6 Å². The smallest absolute Gasteiger partial charge is 0.251 e. The lowest BCUT2D eigenvalue weighted by atomic mass is 10.1. The Hall–Kier alpha value is -2.37. The van der Waals surface area contributed by atoms with Crippen LogP contribution in [0, 0.1) is 6.92 Å². The molecule has 116 valence electrons. The largest absolute Gasteiger partial charge is 0.347 e. The highest BCUT2D eigenvalue weighted by atomic mass is 16.2. The first-order valence-corrected chi connectivity index (χ1v) is 7.44. The number of piperazine rings is 1. The van der Waals surface area contributed by atoms with Gasteiger partial charge in [0.15, 0.2) is 0 Å². The summed E-state index contributed by atoms with van der Waals surface area (Å²) in [7, 11) is 0. The Morgan fingerprint density at radius 3 is 2.86 bits per heavy atom. The standard InChI is InChI=1S/C16H19N3O3/c1-9-4-3-5-11(6-9)14(20)18-12-7-13-15(21)17-10(2)16(22)19(13)8-12/h3-6,10,12-13H,7-8H2,1-2H3,(H,17,21)(H,18,20)/t10-,12-,13-/m0/s1. The Kier molecular flexibility index (Phi) is 3.60. The normalized spacial score (nSPS) is 27.4. The van der Waals surface area contributed by atoms with Crippen molar-refractivity contribution >= 4 is 17.7 Å². The minimum absolute atomic E-state index is 0.0862. The van der Waals surface area contributed by atoms with E-state index in [2.05, 4.69) is 10.6 Å². The van der Waals surface area contributed by atoms with Crippen LogP contribution in [0.2, 0.25) is 0 Å². The maximum atomic E-state index is 12.3. The minimum atomic E-state index is -0.491. The number of hydrogen-bond acceptors (Lipinski definition) is 3. The van der Waals surface area contributed by atoms with Gasteiger partial charge in [-0.05, 0) is 32.4 Å². The molecule has 22 heavy (non-hydrogen) atoms. The maximum absolute atomic E-state index is 12.3.